The highest BCUT2D eigenvalue weighted by molar-refractivity contribution is 7.80. The Balaban J connectivity index is 1.81. The van der Waals surface area contributed by atoms with Gasteiger partial charge in [-0.2, -0.15) is 0 Å². The third-order valence-electron chi connectivity index (χ3n) is 3.13. The zero-order chi connectivity index (χ0) is 12.0. The molecular weight excluding hydrogens is 236 g/mol. The first-order valence-corrected chi connectivity index (χ1v) is 5.98. The first kappa shape index (κ1) is 10.5. The van der Waals surface area contributed by atoms with Crippen molar-refractivity contribution >= 4 is 29.3 Å². The SMILES string of the molecule is CC1CC1c1ccc(/C=C2\NC(=S)NC2=O)o1. The average Bonchev–Trinajstić information content (AvgIpc) is 2.71. The van der Waals surface area contributed by atoms with Crippen LogP contribution in [0.4, 0.5) is 0 Å². The molecule has 2 N–H and O–H groups in total. The van der Waals surface area contributed by atoms with Crippen LogP contribution in [-0.2, 0) is 4.79 Å². The molecule has 0 aromatic carbocycles. The number of carbonyl (C=O) groups excluding carboxylic acids is 1. The molecule has 0 bridgehead atoms. The molecule has 1 saturated heterocycles. The lowest BCUT2D eigenvalue weighted by molar-refractivity contribution is -0.115. The lowest BCUT2D eigenvalue weighted by Gasteiger charge is -1.93. The van der Waals surface area contributed by atoms with Crippen molar-refractivity contribution in [3.8, 4) is 0 Å². The standard InChI is InChI=1S/C12H12N2O2S/c1-6-4-8(6)10-3-2-7(16-10)5-9-11(15)14-12(17)13-9/h2-3,5-6,8H,4H2,1H3,(H2,13,14,15,17)/b9-5-. The Hall–Kier alpha value is -1.62. The van der Waals surface area contributed by atoms with Crippen molar-refractivity contribution in [3.63, 3.8) is 0 Å². The Morgan fingerprint density at radius 2 is 2.24 bits per heavy atom. The van der Waals surface area contributed by atoms with E-state index in [1.807, 2.05) is 12.1 Å². The van der Waals surface area contributed by atoms with Gasteiger partial charge in [0, 0.05) is 12.0 Å². The first-order chi connectivity index (χ1) is 8.13. The average molecular weight is 248 g/mol. The molecule has 3 rings (SSSR count). The van der Waals surface area contributed by atoms with Gasteiger partial charge in [0.15, 0.2) is 5.11 Å². The summed E-state index contributed by atoms with van der Waals surface area (Å²) in [6, 6.07) is 3.86. The van der Waals surface area contributed by atoms with E-state index >= 15 is 0 Å². The highest BCUT2D eigenvalue weighted by Gasteiger charge is 2.36. The van der Waals surface area contributed by atoms with Crippen LogP contribution in [0.3, 0.4) is 0 Å². The van der Waals surface area contributed by atoms with Gasteiger partial charge in [-0.3, -0.25) is 10.1 Å². The van der Waals surface area contributed by atoms with Crippen molar-refractivity contribution in [1.82, 2.24) is 10.6 Å². The molecule has 1 aliphatic carbocycles. The minimum absolute atomic E-state index is 0.215. The number of furan rings is 1. The third kappa shape index (κ3) is 1.98. The molecule has 2 atom stereocenters. The van der Waals surface area contributed by atoms with Gasteiger partial charge in [-0.1, -0.05) is 6.92 Å². The van der Waals surface area contributed by atoms with E-state index in [1.165, 1.54) is 6.42 Å². The number of amides is 1. The normalized spacial score (nSPS) is 29.4. The van der Waals surface area contributed by atoms with Gasteiger partial charge >= 0.3 is 0 Å². The highest BCUT2D eigenvalue weighted by atomic mass is 32.1. The summed E-state index contributed by atoms with van der Waals surface area (Å²) in [5.74, 6) is 2.73. The highest BCUT2D eigenvalue weighted by Crippen LogP contribution is 2.47. The minimum Gasteiger partial charge on any atom is -0.461 e. The molecule has 1 aromatic rings. The van der Waals surface area contributed by atoms with E-state index in [0.29, 0.717) is 28.4 Å². The van der Waals surface area contributed by atoms with Gasteiger partial charge in [0.1, 0.15) is 17.2 Å². The molecule has 1 amide bonds. The van der Waals surface area contributed by atoms with E-state index in [-0.39, 0.29) is 5.91 Å². The topological polar surface area (TPSA) is 54.3 Å². The second-order valence-corrected chi connectivity index (χ2v) is 4.93. The quantitative estimate of drug-likeness (QED) is 0.618. The molecule has 2 aliphatic rings. The number of nitrogens with one attached hydrogen (secondary N) is 2. The summed E-state index contributed by atoms with van der Waals surface area (Å²) in [6.45, 7) is 2.20. The second kappa shape index (κ2) is 3.70. The van der Waals surface area contributed by atoms with Crippen LogP contribution in [0.1, 0.15) is 30.8 Å². The molecular formula is C12H12N2O2S. The fourth-order valence-corrected chi connectivity index (χ4v) is 2.19. The zero-order valence-corrected chi connectivity index (χ0v) is 10.1. The Labute approximate surface area is 104 Å². The van der Waals surface area contributed by atoms with Crippen molar-refractivity contribution in [2.24, 2.45) is 5.92 Å². The lowest BCUT2D eigenvalue weighted by Crippen LogP contribution is -2.21. The van der Waals surface area contributed by atoms with Gasteiger partial charge in [0.05, 0.1) is 0 Å². The van der Waals surface area contributed by atoms with E-state index in [2.05, 4.69) is 17.6 Å². The molecule has 2 heterocycles. The van der Waals surface area contributed by atoms with Gasteiger partial charge in [0.25, 0.3) is 5.91 Å². The molecule has 88 valence electrons. The van der Waals surface area contributed by atoms with Crippen molar-refractivity contribution in [1.29, 1.82) is 0 Å². The molecule has 1 aromatic heterocycles. The van der Waals surface area contributed by atoms with Crippen LogP contribution in [-0.4, -0.2) is 11.0 Å². The summed E-state index contributed by atoms with van der Waals surface area (Å²) >= 11 is 4.85. The van der Waals surface area contributed by atoms with E-state index in [1.54, 1.807) is 6.08 Å². The third-order valence-corrected chi connectivity index (χ3v) is 3.33. The molecule has 2 unspecified atom stereocenters. The van der Waals surface area contributed by atoms with Gasteiger partial charge in [-0.25, -0.2) is 0 Å². The van der Waals surface area contributed by atoms with Crippen molar-refractivity contribution in [3.05, 3.63) is 29.4 Å². The maximum absolute atomic E-state index is 11.4. The summed E-state index contributed by atoms with van der Waals surface area (Å²) < 4.78 is 5.68. The fraction of sp³-hybridized carbons (Fsp3) is 0.333. The molecule has 0 spiro atoms. The summed E-state index contributed by atoms with van der Waals surface area (Å²) in [5.41, 5.74) is 0.430. The summed E-state index contributed by atoms with van der Waals surface area (Å²) in [6.07, 6.45) is 2.86. The van der Waals surface area contributed by atoms with Crippen molar-refractivity contribution in [2.75, 3.05) is 0 Å². The maximum atomic E-state index is 11.4. The Morgan fingerprint density at radius 3 is 2.82 bits per heavy atom. The molecule has 0 radical (unpaired) electrons. The summed E-state index contributed by atoms with van der Waals surface area (Å²) in [7, 11) is 0. The number of thiocarbonyl (C=S) groups is 1. The van der Waals surface area contributed by atoms with Crippen LogP contribution in [0.2, 0.25) is 0 Å². The summed E-state index contributed by atoms with van der Waals surface area (Å²) in [4.78, 5) is 11.4. The first-order valence-electron chi connectivity index (χ1n) is 5.57. The van der Waals surface area contributed by atoms with Gasteiger partial charge in [0.2, 0.25) is 0 Å². The fourth-order valence-electron chi connectivity index (χ4n) is 1.99. The van der Waals surface area contributed by atoms with Crippen LogP contribution in [0, 0.1) is 5.92 Å². The largest absolute Gasteiger partial charge is 0.461 e. The van der Waals surface area contributed by atoms with E-state index in [0.717, 1.165) is 5.76 Å². The zero-order valence-electron chi connectivity index (χ0n) is 9.32. The Kier molecular flexibility index (Phi) is 2.29. The molecule has 5 heteroatoms. The number of hydrogen-bond acceptors (Lipinski definition) is 3. The molecule has 4 nitrogen and oxygen atoms in total. The Morgan fingerprint density at radius 1 is 1.47 bits per heavy atom. The van der Waals surface area contributed by atoms with E-state index < -0.39 is 0 Å². The molecule has 2 fully saturated rings. The van der Waals surface area contributed by atoms with Gasteiger partial charge in [-0.05, 0) is 36.7 Å². The van der Waals surface area contributed by atoms with Gasteiger partial charge in [-0.15, -0.1) is 0 Å². The van der Waals surface area contributed by atoms with Gasteiger partial charge < -0.3 is 9.73 Å². The van der Waals surface area contributed by atoms with Crippen molar-refractivity contribution in [2.45, 2.75) is 19.3 Å². The van der Waals surface area contributed by atoms with Crippen LogP contribution in [0.5, 0.6) is 0 Å². The van der Waals surface area contributed by atoms with Crippen LogP contribution in [0.25, 0.3) is 6.08 Å². The minimum atomic E-state index is -0.215. The van der Waals surface area contributed by atoms with E-state index in [4.69, 9.17) is 16.6 Å². The maximum Gasteiger partial charge on any atom is 0.274 e. The summed E-state index contributed by atoms with van der Waals surface area (Å²) in [5, 5.41) is 5.63. The lowest BCUT2D eigenvalue weighted by atomic mass is 10.3. The predicted octanol–water partition coefficient (Wildman–Crippen LogP) is 1.75. The number of hydrogen-bond donors (Lipinski definition) is 2. The molecule has 17 heavy (non-hydrogen) atoms. The molecule has 1 aliphatic heterocycles. The smallest absolute Gasteiger partial charge is 0.274 e. The Bertz CT molecular complexity index is 532. The van der Waals surface area contributed by atoms with Crippen LogP contribution >= 0.6 is 12.2 Å². The predicted molar refractivity (Wildman–Crippen MR) is 67.1 cm³/mol. The number of rotatable bonds is 2. The monoisotopic (exact) mass is 248 g/mol. The number of carbonyl (C=O) groups is 1. The second-order valence-electron chi connectivity index (χ2n) is 4.53. The van der Waals surface area contributed by atoms with Crippen LogP contribution < -0.4 is 10.6 Å². The van der Waals surface area contributed by atoms with Crippen molar-refractivity contribution < 1.29 is 9.21 Å². The van der Waals surface area contributed by atoms with E-state index in [9.17, 15) is 4.79 Å². The molecule has 1 saturated carbocycles. The van der Waals surface area contributed by atoms with Crippen LogP contribution in [0.15, 0.2) is 22.2 Å².